The van der Waals surface area contributed by atoms with Crippen LogP contribution in [0.5, 0.6) is 0 Å². The van der Waals surface area contributed by atoms with Crippen LogP contribution in [0.3, 0.4) is 0 Å². The molecule has 0 fully saturated rings. The monoisotopic (exact) mass is 429 g/mol. The first-order valence-electron chi connectivity index (χ1n) is 9.01. The second-order valence-corrected chi connectivity index (χ2v) is 8.13. The normalized spacial score (nSPS) is 11.8. The molecule has 1 amide bonds. The zero-order chi connectivity index (χ0) is 21.0. The lowest BCUT2D eigenvalue weighted by atomic mass is 10.1. The topological polar surface area (TPSA) is 76.3 Å². The van der Waals surface area contributed by atoms with Crippen molar-refractivity contribution >= 4 is 34.5 Å². The summed E-state index contributed by atoms with van der Waals surface area (Å²) < 4.78 is 0. The molecule has 3 rings (SSSR count). The van der Waals surface area contributed by atoms with Crippen molar-refractivity contribution in [3.63, 3.8) is 0 Å². The molecule has 0 spiro atoms. The van der Waals surface area contributed by atoms with Crippen molar-refractivity contribution in [2.45, 2.75) is 25.8 Å². The van der Waals surface area contributed by atoms with Crippen molar-refractivity contribution in [3.05, 3.63) is 90.9 Å². The SMILES string of the molecule is CC(c1cccc([N+](=O)[O-])c1)N(C)C(=O)Cc1csc(Cc2cccc(Cl)c2)n1. The summed E-state index contributed by atoms with van der Waals surface area (Å²) >= 11 is 7.54. The fourth-order valence-electron chi connectivity index (χ4n) is 2.95. The van der Waals surface area contributed by atoms with Crippen LogP contribution in [0.25, 0.3) is 0 Å². The molecule has 0 N–H and O–H groups in total. The molecular formula is C21H20ClN3O3S. The zero-order valence-corrected chi connectivity index (χ0v) is 17.6. The number of aromatic nitrogens is 1. The van der Waals surface area contributed by atoms with Crippen LogP contribution in [0.15, 0.2) is 53.9 Å². The third-order valence-corrected chi connectivity index (χ3v) is 5.85. The molecule has 0 aliphatic carbocycles. The minimum absolute atomic E-state index is 0.0142. The van der Waals surface area contributed by atoms with Crippen molar-refractivity contribution in [2.24, 2.45) is 0 Å². The number of benzene rings is 2. The van der Waals surface area contributed by atoms with Crippen molar-refractivity contribution in [2.75, 3.05) is 7.05 Å². The number of rotatable bonds is 7. The summed E-state index contributed by atoms with van der Waals surface area (Å²) in [5.74, 6) is -0.0939. The Morgan fingerprint density at radius 2 is 2.03 bits per heavy atom. The van der Waals surface area contributed by atoms with Gasteiger partial charge in [0.2, 0.25) is 5.91 Å². The highest BCUT2D eigenvalue weighted by Crippen LogP contribution is 2.24. The molecule has 0 saturated carbocycles. The predicted octanol–water partition coefficient (Wildman–Crippen LogP) is 5.06. The zero-order valence-electron chi connectivity index (χ0n) is 16.0. The van der Waals surface area contributed by atoms with Gasteiger partial charge in [-0.1, -0.05) is 35.9 Å². The Labute approximate surface area is 177 Å². The van der Waals surface area contributed by atoms with E-state index in [1.54, 1.807) is 24.1 Å². The number of halogens is 1. The van der Waals surface area contributed by atoms with Gasteiger partial charge in [-0.15, -0.1) is 11.3 Å². The van der Waals surface area contributed by atoms with Crippen LogP contribution in [0.1, 0.15) is 34.8 Å². The van der Waals surface area contributed by atoms with E-state index in [-0.39, 0.29) is 24.1 Å². The largest absolute Gasteiger partial charge is 0.339 e. The van der Waals surface area contributed by atoms with Crippen molar-refractivity contribution in [3.8, 4) is 0 Å². The van der Waals surface area contributed by atoms with Gasteiger partial charge in [0.1, 0.15) is 0 Å². The molecular weight excluding hydrogens is 410 g/mol. The lowest BCUT2D eigenvalue weighted by Crippen LogP contribution is -2.31. The highest BCUT2D eigenvalue weighted by molar-refractivity contribution is 7.09. The molecule has 2 aromatic carbocycles. The number of nitrogens with zero attached hydrogens (tertiary/aromatic N) is 3. The van der Waals surface area contributed by atoms with Gasteiger partial charge in [0.05, 0.1) is 28.1 Å². The average Bonchev–Trinajstić information content (AvgIpc) is 3.13. The number of nitro benzene ring substituents is 1. The second-order valence-electron chi connectivity index (χ2n) is 6.75. The van der Waals surface area contributed by atoms with E-state index in [0.717, 1.165) is 21.8 Å². The maximum Gasteiger partial charge on any atom is 0.269 e. The minimum atomic E-state index is -0.436. The third kappa shape index (κ3) is 5.40. The Balaban J connectivity index is 1.64. The number of non-ortho nitro benzene ring substituents is 1. The second kappa shape index (κ2) is 9.15. The number of hydrogen-bond acceptors (Lipinski definition) is 5. The highest BCUT2D eigenvalue weighted by atomic mass is 35.5. The molecule has 8 heteroatoms. The number of likely N-dealkylation sites (N-methyl/N-ethyl adjacent to an activating group) is 1. The van der Waals surface area contributed by atoms with Crippen LogP contribution >= 0.6 is 22.9 Å². The number of nitro groups is 1. The van der Waals surface area contributed by atoms with Crippen molar-refractivity contribution in [1.29, 1.82) is 0 Å². The van der Waals surface area contributed by atoms with Crippen LogP contribution in [-0.2, 0) is 17.6 Å². The van der Waals surface area contributed by atoms with Gasteiger partial charge in [-0.05, 0) is 30.2 Å². The molecule has 0 radical (unpaired) electrons. The van der Waals surface area contributed by atoms with Crippen LogP contribution in [0.2, 0.25) is 5.02 Å². The molecule has 1 aromatic heterocycles. The summed E-state index contributed by atoms with van der Waals surface area (Å²) in [6.45, 7) is 1.85. The average molecular weight is 430 g/mol. The van der Waals surface area contributed by atoms with Gasteiger partial charge >= 0.3 is 0 Å². The Morgan fingerprint density at radius 1 is 1.28 bits per heavy atom. The summed E-state index contributed by atoms with van der Waals surface area (Å²) in [4.78, 5) is 29.4. The molecule has 1 heterocycles. The van der Waals surface area contributed by atoms with E-state index >= 15 is 0 Å². The maximum atomic E-state index is 12.7. The number of thiazole rings is 1. The van der Waals surface area contributed by atoms with E-state index in [0.29, 0.717) is 11.4 Å². The fraction of sp³-hybridized carbons (Fsp3) is 0.238. The smallest absolute Gasteiger partial charge is 0.269 e. The predicted molar refractivity (Wildman–Crippen MR) is 114 cm³/mol. The molecule has 0 aliphatic heterocycles. The third-order valence-electron chi connectivity index (χ3n) is 4.71. The molecule has 6 nitrogen and oxygen atoms in total. The van der Waals surface area contributed by atoms with Crippen LogP contribution < -0.4 is 0 Å². The van der Waals surface area contributed by atoms with Gasteiger partial charge in [0, 0.05) is 36.0 Å². The maximum absolute atomic E-state index is 12.7. The molecule has 150 valence electrons. The van der Waals surface area contributed by atoms with Crippen LogP contribution in [0, 0.1) is 10.1 Å². The van der Waals surface area contributed by atoms with Gasteiger partial charge < -0.3 is 4.90 Å². The van der Waals surface area contributed by atoms with E-state index in [2.05, 4.69) is 4.98 Å². The summed E-state index contributed by atoms with van der Waals surface area (Å²) in [6, 6.07) is 13.7. The number of hydrogen-bond donors (Lipinski definition) is 0. The van der Waals surface area contributed by atoms with Gasteiger partial charge in [0.15, 0.2) is 0 Å². The van der Waals surface area contributed by atoms with Crippen LogP contribution in [0.4, 0.5) is 5.69 Å². The Hall–Kier alpha value is -2.77. The quantitative estimate of drug-likeness (QED) is 0.388. The molecule has 1 unspecified atom stereocenters. The Morgan fingerprint density at radius 3 is 2.76 bits per heavy atom. The summed E-state index contributed by atoms with van der Waals surface area (Å²) in [5.41, 5.74) is 2.52. The van der Waals surface area contributed by atoms with Gasteiger partial charge in [0.25, 0.3) is 5.69 Å². The van der Waals surface area contributed by atoms with Gasteiger partial charge in [-0.3, -0.25) is 14.9 Å². The first-order chi connectivity index (χ1) is 13.8. The number of carbonyl (C=O) groups excluding carboxylic acids is 1. The molecule has 29 heavy (non-hydrogen) atoms. The van der Waals surface area contributed by atoms with Crippen molar-refractivity contribution < 1.29 is 9.72 Å². The number of carbonyl (C=O) groups is 1. The van der Waals surface area contributed by atoms with Crippen molar-refractivity contribution in [1.82, 2.24) is 9.88 Å². The Bertz CT molecular complexity index is 1040. The lowest BCUT2D eigenvalue weighted by molar-refractivity contribution is -0.384. The van der Waals surface area contributed by atoms with Gasteiger partial charge in [-0.2, -0.15) is 0 Å². The van der Waals surface area contributed by atoms with E-state index in [4.69, 9.17) is 11.6 Å². The molecule has 1 atom stereocenters. The Kier molecular flexibility index (Phi) is 6.61. The first kappa shape index (κ1) is 21.0. The molecule has 0 aliphatic rings. The summed E-state index contributed by atoms with van der Waals surface area (Å²) in [6.07, 6.45) is 0.848. The summed E-state index contributed by atoms with van der Waals surface area (Å²) in [7, 11) is 1.70. The molecule has 3 aromatic rings. The minimum Gasteiger partial charge on any atom is -0.339 e. The van der Waals surface area contributed by atoms with E-state index in [1.807, 2.05) is 36.6 Å². The van der Waals surface area contributed by atoms with E-state index in [1.165, 1.54) is 23.5 Å². The standard InChI is InChI=1S/C21H20ClN3O3S/c1-14(16-6-4-8-19(11-16)25(27)28)24(2)21(26)12-18-13-29-20(23-18)10-15-5-3-7-17(22)9-15/h3-9,11,13-14H,10,12H2,1-2H3. The lowest BCUT2D eigenvalue weighted by Gasteiger charge is -2.25. The first-order valence-corrected chi connectivity index (χ1v) is 10.3. The van der Waals surface area contributed by atoms with E-state index in [9.17, 15) is 14.9 Å². The fourth-order valence-corrected chi connectivity index (χ4v) is 3.99. The van der Waals surface area contributed by atoms with Gasteiger partial charge in [-0.25, -0.2) is 4.98 Å². The van der Waals surface area contributed by atoms with Crippen LogP contribution in [-0.4, -0.2) is 27.8 Å². The molecule has 0 bridgehead atoms. The number of amides is 1. The summed E-state index contributed by atoms with van der Waals surface area (Å²) in [5, 5.41) is 14.5. The highest BCUT2D eigenvalue weighted by Gasteiger charge is 2.20. The van der Waals surface area contributed by atoms with E-state index < -0.39 is 4.92 Å². The molecule has 0 saturated heterocycles.